The smallest absolute Gasteiger partial charge is 0.326 e. The molecule has 2 aromatic carbocycles. The number of para-hydroxylation sites is 1. The number of carbonyl (C=O) groups is 2. The zero-order valence-electron chi connectivity index (χ0n) is 20.1. The average Bonchev–Trinajstić information content (AvgIpc) is 3.21. The SMILES string of the molecule is CC(=O)Nc1ccccc1-c1ccc2nc(-c3ccc(C(F)(F)F)c(NC(=O)C(C)(C)C)c3)cn2n1. The molecule has 10 heteroatoms. The molecule has 4 aromatic rings. The lowest BCUT2D eigenvalue weighted by Crippen LogP contribution is -2.28. The Labute approximate surface area is 205 Å². The van der Waals surface area contributed by atoms with Crippen molar-refractivity contribution in [1.82, 2.24) is 14.6 Å². The van der Waals surface area contributed by atoms with Crippen LogP contribution in [0.3, 0.4) is 0 Å². The van der Waals surface area contributed by atoms with Gasteiger partial charge in [-0.15, -0.1) is 0 Å². The third-order valence-electron chi connectivity index (χ3n) is 5.38. The van der Waals surface area contributed by atoms with E-state index in [1.165, 1.54) is 23.6 Å². The molecular weight excluding hydrogens is 471 g/mol. The molecular formula is C26H24F3N5O2. The number of hydrogen-bond acceptors (Lipinski definition) is 4. The molecule has 0 fully saturated rings. The highest BCUT2D eigenvalue weighted by molar-refractivity contribution is 5.96. The summed E-state index contributed by atoms with van der Waals surface area (Å²) in [4.78, 5) is 28.5. The van der Waals surface area contributed by atoms with Crippen LogP contribution in [0.1, 0.15) is 33.3 Å². The van der Waals surface area contributed by atoms with Crippen LogP contribution in [0.4, 0.5) is 24.5 Å². The minimum absolute atomic E-state index is 0.217. The van der Waals surface area contributed by atoms with Gasteiger partial charge in [0.25, 0.3) is 0 Å². The van der Waals surface area contributed by atoms with Crippen molar-refractivity contribution in [2.24, 2.45) is 5.41 Å². The van der Waals surface area contributed by atoms with Crippen LogP contribution in [0.25, 0.3) is 28.2 Å². The molecule has 0 spiro atoms. The van der Waals surface area contributed by atoms with Gasteiger partial charge >= 0.3 is 6.18 Å². The van der Waals surface area contributed by atoms with Crippen molar-refractivity contribution in [3.63, 3.8) is 0 Å². The van der Waals surface area contributed by atoms with Gasteiger partial charge in [-0.3, -0.25) is 9.59 Å². The third-order valence-corrected chi connectivity index (χ3v) is 5.38. The molecule has 0 aliphatic rings. The third kappa shape index (κ3) is 5.22. The molecule has 2 aromatic heterocycles. The van der Waals surface area contributed by atoms with Crippen molar-refractivity contribution in [3.05, 3.63) is 66.4 Å². The minimum atomic E-state index is -4.64. The van der Waals surface area contributed by atoms with E-state index in [9.17, 15) is 22.8 Å². The molecule has 0 saturated carbocycles. The van der Waals surface area contributed by atoms with Crippen LogP contribution in [0.15, 0.2) is 60.8 Å². The maximum Gasteiger partial charge on any atom is 0.418 e. The highest BCUT2D eigenvalue weighted by Crippen LogP contribution is 2.38. The van der Waals surface area contributed by atoms with Gasteiger partial charge in [0.05, 0.1) is 34.5 Å². The Morgan fingerprint density at radius 3 is 2.28 bits per heavy atom. The number of hydrogen-bond donors (Lipinski definition) is 2. The molecule has 4 rings (SSSR count). The molecule has 0 aliphatic carbocycles. The zero-order chi connectivity index (χ0) is 26.3. The van der Waals surface area contributed by atoms with Crippen LogP contribution in [0, 0.1) is 5.41 Å². The summed E-state index contributed by atoms with van der Waals surface area (Å²) >= 11 is 0. The average molecular weight is 496 g/mol. The Hall–Kier alpha value is -4.21. The van der Waals surface area contributed by atoms with Gasteiger partial charge in [-0.1, -0.05) is 45.0 Å². The van der Waals surface area contributed by atoms with E-state index in [1.54, 1.807) is 51.2 Å². The van der Waals surface area contributed by atoms with E-state index in [-0.39, 0.29) is 11.6 Å². The van der Waals surface area contributed by atoms with E-state index in [2.05, 4.69) is 20.7 Å². The topological polar surface area (TPSA) is 88.4 Å². The molecule has 2 N–H and O–H groups in total. The first-order chi connectivity index (χ1) is 16.8. The van der Waals surface area contributed by atoms with E-state index in [0.29, 0.717) is 33.8 Å². The van der Waals surface area contributed by atoms with Crippen molar-refractivity contribution >= 4 is 28.8 Å². The van der Waals surface area contributed by atoms with Gasteiger partial charge in [0, 0.05) is 23.5 Å². The molecule has 2 amide bonds. The van der Waals surface area contributed by atoms with Gasteiger partial charge in [0.15, 0.2) is 5.65 Å². The molecule has 7 nitrogen and oxygen atoms in total. The Morgan fingerprint density at radius 1 is 0.889 bits per heavy atom. The summed E-state index contributed by atoms with van der Waals surface area (Å²) in [6, 6.07) is 14.2. The van der Waals surface area contributed by atoms with Crippen LogP contribution in [0.5, 0.6) is 0 Å². The van der Waals surface area contributed by atoms with E-state index in [1.807, 2.05) is 12.1 Å². The lowest BCUT2D eigenvalue weighted by molar-refractivity contribution is -0.137. The number of fused-ring (bicyclic) bond motifs is 1. The lowest BCUT2D eigenvalue weighted by Gasteiger charge is -2.20. The zero-order valence-corrected chi connectivity index (χ0v) is 20.1. The number of rotatable bonds is 4. The highest BCUT2D eigenvalue weighted by Gasteiger charge is 2.35. The normalized spacial score (nSPS) is 12.0. The summed E-state index contributed by atoms with van der Waals surface area (Å²) in [5, 5.41) is 9.75. The lowest BCUT2D eigenvalue weighted by atomic mass is 9.95. The number of anilines is 2. The number of benzene rings is 2. The number of imidazole rings is 1. The fraction of sp³-hybridized carbons (Fsp3) is 0.231. The number of amides is 2. The number of aromatic nitrogens is 3. The fourth-order valence-corrected chi connectivity index (χ4v) is 3.53. The quantitative estimate of drug-likeness (QED) is 0.362. The van der Waals surface area contributed by atoms with Gasteiger partial charge in [0.1, 0.15) is 0 Å². The summed E-state index contributed by atoms with van der Waals surface area (Å²) in [5.74, 6) is -0.755. The minimum Gasteiger partial charge on any atom is -0.326 e. The van der Waals surface area contributed by atoms with Gasteiger partial charge in [0.2, 0.25) is 11.8 Å². The summed E-state index contributed by atoms with van der Waals surface area (Å²) in [6.45, 7) is 6.27. The second-order valence-corrected chi connectivity index (χ2v) is 9.34. The second-order valence-electron chi connectivity index (χ2n) is 9.34. The Morgan fingerprint density at radius 2 is 1.61 bits per heavy atom. The van der Waals surface area contributed by atoms with E-state index >= 15 is 0 Å². The predicted octanol–water partition coefficient (Wildman–Crippen LogP) is 6.03. The number of alkyl halides is 3. The van der Waals surface area contributed by atoms with Gasteiger partial charge in [-0.25, -0.2) is 9.50 Å². The van der Waals surface area contributed by atoms with Crippen molar-refractivity contribution < 1.29 is 22.8 Å². The van der Waals surface area contributed by atoms with Crippen molar-refractivity contribution in [3.8, 4) is 22.5 Å². The van der Waals surface area contributed by atoms with E-state index < -0.39 is 23.1 Å². The highest BCUT2D eigenvalue weighted by atomic mass is 19.4. The largest absolute Gasteiger partial charge is 0.418 e. The van der Waals surface area contributed by atoms with Crippen molar-refractivity contribution in [2.45, 2.75) is 33.9 Å². The van der Waals surface area contributed by atoms with Gasteiger partial charge < -0.3 is 10.6 Å². The predicted molar refractivity (Wildman–Crippen MR) is 131 cm³/mol. The number of carbonyl (C=O) groups excluding carboxylic acids is 2. The summed E-state index contributed by atoms with van der Waals surface area (Å²) in [7, 11) is 0. The molecule has 0 aliphatic heterocycles. The summed E-state index contributed by atoms with van der Waals surface area (Å²) < 4.78 is 42.3. The fourth-order valence-electron chi connectivity index (χ4n) is 3.53. The first-order valence-corrected chi connectivity index (χ1v) is 11.1. The first-order valence-electron chi connectivity index (χ1n) is 11.1. The monoisotopic (exact) mass is 495 g/mol. The van der Waals surface area contributed by atoms with Crippen molar-refractivity contribution in [2.75, 3.05) is 10.6 Å². The van der Waals surface area contributed by atoms with Crippen LogP contribution in [0.2, 0.25) is 0 Å². The first kappa shape index (κ1) is 24.9. The molecule has 0 radical (unpaired) electrons. The second kappa shape index (κ2) is 9.10. The molecule has 0 bridgehead atoms. The van der Waals surface area contributed by atoms with Crippen LogP contribution in [-0.2, 0) is 15.8 Å². The molecule has 2 heterocycles. The molecule has 0 unspecified atom stereocenters. The molecule has 0 atom stereocenters. The van der Waals surface area contributed by atoms with Gasteiger partial charge in [-0.2, -0.15) is 18.3 Å². The summed E-state index contributed by atoms with van der Waals surface area (Å²) in [5.41, 5.74) is 0.957. The number of nitrogens with zero attached hydrogens (tertiary/aromatic N) is 3. The Bertz CT molecular complexity index is 1470. The maximum absolute atomic E-state index is 13.6. The Kier molecular flexibility index (Phi) is 6.30. The number of halogens is 3. The summed E-state index contributed by atoms with van der Waals surface area (Å²) in [6.07, 6.45) is -3.05. The molecule has 0 saturated heterocycles. The van der Waals surface area contributed by atoms with Crippen LogP contribution in [-0.4, -0.2) is 26.4 Å². The van der Waals surface area contributed by atoms with E-state index in [4.69, 9.17) is 0 Å². The van der Waals surface area contributed by atoms with Crippen LogP contribution >= 0.6 is 0 Å². The maximum atomic E-state index is 13.6. The Balaban J connectivity index is 1.75. The van der Waals surface area contributed by atoms with Crippen molar-refractivity contribution in [1.29, 1.82) is 0 Å². The molecule has 36 heavy (non-hydrogen) atoms. The standard InChI is InChI=1S/C26H24F3N5O2/c1-15(35)30-19-8-6-5-7-17(19)20-11-12-23-31-22(14-34(23)33-20)16-9-10-18(26(27,28)29)21(13-16)32-24(36)25(2,3)4/h5-14H,1-4H3,(H,30,35)(H,32,36). The number of nitrogens with one attached hydrogen (secondary N) is 2. The van der Waals surface area contributed by atoms with Crippen LogP contribution < -0.4 is 10.6 Å². The van der Waals surface area contributed by atoms with Gasteiger partial charge in [-0.05, 0) is 30.3 Å². The molecule has 186 valence electrons. The van der Waals surface area contributed by atoms with E-state index in [0.717, 1.165) is 6.07 Å².